The maximum atomic E-state index is 13.5. The van der Waals surface area contributed by atoms with Gasteiger partial charge in [0, 0.05) is 10.2 Å². The SMILES string of the molecule is Cc1cc(C)cc(N2C(=O)C(Nc3cccc(Br)c3)=C(c3ccc(F)cc3)C2=O)c1. The van der Waals surface area contributed by atoms with E-state index in [9.17, 15) is 14.0 Å². The van der Waals surface area contributed by atoms with Crippen molar-refractivity contribution in [2.24, 2.45) is 0 Å². The summed E-state index contributed by atoms with van der Waals surface area (Å²) in [5.74, 6) is -1.32. The van der Waals surface area contributed by atoms with Crippen molar-refractivity contribution in [3.63, 3.8) is 0 Å². The topological polar surface area (TPSA) is 49.4 Å². The number of amides is 2. The van der Waals surface area contributed by atoms with Gasteiger partial charge in [0.15, 0.2) is 0 Å². The molecule has 1 heterocycles. The minimum atomic E-state index is -0.454. The molecule has 1 aliphatic rings. The lowest BCUT2D eigenvalue weighted by molar-refractivity contribution is -0.120. The molecule has 0 radical (unpaired) electrons. The number of carbonyl (C=O) groups excluding carboxylic acids is 2. The van der Waals surface area contributed by atoms with E-state index >= 15 is 0 Å². The van der Waals surface area contributed by atoms with E-state index in [1.165, 1.54) is 29.2 Å². The molecule has 0 aromatic heterocycles. The van der Waals surface area contributed by atoms with Crippen LogP contribution in [0.5, 0.6) is 0 Å². The number of benzene rings is 3. The number of nitrogens with one attached hydrogen (secondary N) is 1. The molecule has 0 fully saturated rings. The molecule has 6 heteroatoms. The highest BCUT2D eigenvalue weighted by atomic mass is 79.9. The zero-order chi connectivity index (χ0) is 21.4. The summed E-state index contributed by atoms with van der Waals surface area (Å²) in [5, 5.41) is 3.10. The van der Waals surface area contributed by atoms with Gasteiger partial charge in [-0.25, -0.2) is 9.29 Å². The summed E-state index contributed by atoms with van der Waals surface area (Å²) in [6.07, 6.45) is 0. The Kier molecular flexibility index (Phi) is 5.26. The Morgan fingerprint density at radius 2 is 1.53 bits per heavy atom. The Morgan fingerprint density at radius 3 is 2.17 bits per heavy atom. The number of aryl methyl sites for hydroxylation is 2. The fourth-order valence-electron chi connectivity index (χ4n) is 3.55. The summed E-state index contributed by atoms with van der Waals surface area (Å²) >= 11 is 3.41. The summed E-state index contributed by atoms with van der Waals surface area (Å²) in [7, 11) is 0. The molecule has 2 amide bonds. The zero-order valence-electron chi connectivity index (χ0n) is 16.4. The second-order valence-corrected chi connectivity index (χ2v) is 8.10. The standard InChI is InChI=1S/C24H18BrFN2O2/c1-14-10-15(2)12-20(11-14)28-23(29)21(16-6-8-18(26)9-7-16)22(24(28)30)27-19-5-3-4-17(25)13-19/h3-13,27H,1-2H3. The maximum absolute atomic E-state index is 13.5. The number of hydrogen-bond acceptors (Lipinski definition) is 3. The van der Waals surface area contributed by atoms with Gasteiger partial charge in [0.25, 0.3) is 11.8 Å². The number of hydrogen-bond donors (Lipinski definition) is 1. The molecule has 3 aromatic carbocycles. The Bertz CT molecular complexity index is 1180. The lowest BCUT2D eigenvalue weighted by atomic mass is 10.0. The molecule has 0 unspecified atom stereocenters. The van der Waals surface area contributed by atoms with Crippen molar-refractivity contribution < 1.29 is 14.0 Å². The van der Waals surface area contributed by atoms with Crippen LogP contribution < -0.4 is 10.2 Å². The Balaban J connectivity index is 1.84. The van der Waals surface area contributed by atoms with Crippen molar-refractivity contribution in [1.82, 2.24) is 0 Å². The number of rotatable bonds is 4. The first-order valence-corrected chi connectivity index (χ1v) is 10.1. The van der Waals surface area contributed by atoms with E-state index in [0.717, 1.165) is 15.6 Å². The second-order valence-electron chi connectivity index (χ2n) is 7.18. The summed E-state index contributed by atoms with van der Waals surface area (Å²) in [5.41, 5.74) is 3.89. The molecule has 0 saturated heterocycles. The summed E-state index contributed by atoms with van der Waals surface area (Å²) in [6.45, 7) is 3.83. The lowest BCUT2D eigenvalue weighted by Crippen LogP contribution is -2.32. The van der Waals surface area contributed by atoms with E-state index in [2.05, 4.69) is 21.2 Å². The summed E-state index contributed by atoms with van der Waals surface area (Å²) in [4.78, 5) is 27.9. The van der Waals surface area contributed by atoms with Crippen molar-refractivity contribution in [3.8, 4) is 0 Å². The number of imide groups is 1. The highest BCUT2D eigenvalue weighted by Gasteiger charge is 2.40. The van der Waals surface area contributed by atoms with Crippen LogP contribution in [0.4, 0.5) is 15.8 Å². The van der Waals surface area contributed by atoms with E-state index in [0.29, 0.717) is 16.9 Å². The molecule has 0 aliphatic carbocycles. The minimum absolute atomic E-state index is 0.156. The molecule has 0 spiro atoms. The van der Waals surface area contributed by atoms with E-state index in [1.54, 1.807) is 18.2 Å². The molecule has 4 rings (SSSR count). The number of anilines is 2. The third kappa shape index (κ3) is 3.78. The van der Waals surface area contributed by atoms with Gasteiger partial charge >= 0.3 is 0 Å². The van der Waals surface area contributed by atoms with Crippen LogP contribution in [0.25, 0.3) is 5.57 Å². The molecule has 1 N–H and O–H groups in total. The molecule has 30 heavy (non-hydrogen) atoms. The van der Waals surface area contributed by atoms with Crippen molar-refractivity contribution in [1.29, 1.82) is 0 Å². The van der Waals surface area contributed by atoms with Crippen LogP contribution in [0, 0.1) is 19.7 Å². The highest BCUT2D eigenvalue weighted by molar-refractivity contribution is 9.10. The summed E-state index contributed by atoms with van der Waals surface area (Å²) < 4.78 is 14.3. The van der Waals surface area contributed by atoms with Crippen LogP contribution in [0.15, 0.2) is 76.9 Å². The number of nitrogens with zero attached hydrogens (tertiary/aromatic N) is 1. The van der Waals surface area contributed by atoms with Crippen molar-refractivity contribution in [2.75, 3.05) is 10.2 Å². The van der Waals surface area contributed by atoms with Gasteiger partial charge in [0.05, 0.1) is 11.3 Å². The van der Waals surface area contributed by atoms with Gasteiger partial charge < -0.3 is 5.32 Å². The fourth-order valence-corrected chi connectivity index (χ4v) is 3.95. The van der Waals surface area contributed by atoms with Crippen LogP contribution >= 0.6 is 15.9 Å². The molecule has 0 bridgehead atoms. The largest absolute Gasteiger partial charge is 0.350 e. The second kappa shape index (κ2) is 7.88. The van der Waals surface area contributed by atoms with Crippen molar-refractivity contribution in [3.05, 3.63) is 99.4 Å². The van der Waals surface area contributed by atoms with Gasteiger partial charge in [0.1, 0.15) is 11.5 Å². The van der Waals surface area contributed by atoms with Crippen LogP contribution in [0.1, 0.15) is 16.7 Å². The first-order chi connectivity index (χ1) is 14.3. The van der Waals surface area contributed by atoms with E-state index in [-0.39, 0.29) is 11.3 Å². The predicted octanol–water partition coefficient (Wildman–Crippen LogP) is 5.60. The minimum Gasteiger partial charge on any atom is -0.350 e. The maximum Gasteiger partial charge on any atom is 0.282 e. The Morgan fingerprint density at radius 1 is 0.867 bits per heavy atom. The van der Waals surface area contributed by atoms with Crippen molar-refractivity contribution in [2.45, 2.75) is 13.8 Å². The molecule has 0 atom stereocenters. The van der Waals surface area contributed by atoms with E-state index < -0.39 is 17.6 Å². The van der Waals surface area contributed by atoms with Gasteiger partial charge in [0.2, 0.25) is 0 Å². The van der Waals surface area contributed by atoms with Crippen molar-refractivity contribution >= 4 is 44.7 Å². The molecular weight excluding hydrogens is 447 g/mol. The average molecular weight is 465 g/mol. The lowest BCUT2D eigenvalue weighted by Gasteiger charge is -2.17. The van der Waals surface area contributed by atoms with Crippen LogP contribution in [0.3, 0.4) is 0 Å². The van der Waals surface area contributed by atoms with Gasteiger partial charge in [-0.15, -0.1) is 0 Å². The van der Waals surface area contributed by atoms with Crippen LogP contribution in [-0.2, 0) is 9.59 Å². The third-order valence-electron chi connectivity index (χ3n) is 4.78. The normalized spacial score (nSPS) is 13.9. The van der Waals surface area contributed by atoms with Crippen LogP contribution in [0.2, 0.25) is 0 Å². The monoisotopic (exact) mass is 464 g/mol. The molecule has 3 aromatic rings. The first-order valence-electron chi connectivity index (χ1n) is 9.33. The van der Waals surface area contributed by atoms with Gasteiger partial charge in [-0.05, 0) is 73.0 Å². The molecular formula is C24H18BrFN2O2. The van der Waals surface area contributed by atoms with Gasteiger partial charge in [-0.3, -0.25) is 9.59 Å². The molecule has 4 nitrogen and oxygen atoms in total. The molecule has 1 aliphatic heterocycles. The average Bonchev–Trinajstić information content (AvgIpc) is 2.92. The van der Waals surface area contributed by atoms with Crippen LogP contribution in [-0.4, -0.2) is 11.8 Å². The van der Waals surface area contributed by atoms with E-state index in [4.69, 9.17) is 0 Å². The van der Waals surface area contributed by atoms with Gasteiger partial charge in [-0.1, -0.05) is 40.2 Å². The Hall–Kier alpha value is -3.25. The first kappa shape index (κ1) is 20.0. The van der Waals surface area contributed by atoms with Gasteiger partial charge in [-0.2, -0.15) is 0 Å². The predicted molar refractivity (Wildman–Crippen MR) is 119 cm³/mol. The molecule has 150 valence electrons. The Labute approximate surface area is 182 Å². The number of halogens is 2. The smallest absolute Gasteiger partial charge is 0.282 e. The highest BCUT2D eigenvalue weighted by Crippen LogP contribution is 2.34. The third-order valence-corrected chi connectivity index (χ3v) is 5.27. The van der Waals surface area contributed by atoms with E-state index in [1.807, 2.05) is 38.1 Å². The molecule has 0 saturated carbocycles. The quantitative estimate of drug-likeness (QED) is 0.511. The number of carbonyl (C=O) groups is 2. The zero-order valence-corrected chi connectivity index (χ0v) is 18.0. The fraction of sp³-hybridized carbons (Fsp3) is 0.0833. The summed E-state index contributed by atoms with van der Waals surface area (Å²) in [6, 6.07) is 18.4.